The summed E-state index contributed by atoms with van der Waals surface area (Å²) in [4.78, 5) is 0. The molecule has 1 heterocycles. The maximum Gasteiger partial charge on any atom is 0.214 e. The molecule has 9 heteroatoms. The van der Waals surface area contributed by atoms with Crippen LogP contribution in [0.25, 0.3) is 5.69 Å². The minimum absolute atomic E-state index is 0.485. The number of benzene rings is 3. The Kier molecular flexibility index (Phi) is 8.95. The summed E-state index contributed by atoms with van der Waals surface area (Å²) in [5.41, 5.74) is 3.19. The van der Waals surface area contributed by atoms with Crippen LogP contribution in [0.1, 0.15) is 17.5 Å². The highest BCUT2D eigenvalue weighted by Gasteiger charge is 2.12. The lowest BCUT2D eigenvalue weighted by atomic mass is 10.2. The molecular weight excluding hydrogens is 514 g/mol. The molecule has 34 heavy (non-hydrogen) atoms. The molecule has 3 aromatic carbocycles. The molecule has 1 N–H and O–H groups in total. The van der Waals surface area contributed by atoms with Crippen LogP contribution in [-0.4, -0.2) is 39.6 Å². The van der Waals surface area contributed by atoms with Crippen LogP contribution in [0.4, 0.5) is 0 Å². The molecule has 0 radical (unpaired) electrons. The number of aromatic nitrogens is 4. The summed E-state index contributed by atoms with van der Waals surface area (Å²) >= 11 is 5.29. The van der Waals surface area contributed by atoms with Crippen LogP contribution < -0.4 is 14.8 Å². The van der Waals surface area contributed by atoms with Gasteiger partial charge in [-0.2, -0.15) is 4.68 Å². The number of methoxy groups -OCH3 is 1. The molecule has 0 saturated carbocycles. The number of para-hydroxylation sites is 1. The normalized spacial score (nSPS) is 10.9. The fourth-order valence-electron chi connectivity index (χ4n) is 3.34. The highest BCUT2D eigenvalue weighted by atomic mass is 79.9. The van der Waals surface area contributed by atoms with Gasteiger partial charge in [0.2, 0.25) is 5.16 Å². The van der Waals surface area contributed by atoms with Gasteiger partial charge < -0.3 is 14.8 Å². The average Bonchev–Trinajstić information content (AvgIpc) is 3.35. The molecule has 0 unspecified atom stereocenters. The van der Waals surface area contributed by atoms with Gasteiger partial charge in [-0.25, -0.2) is 0 Å². The van der Waals surface area contributed by atoms with E-state index < -0.39 is 0 Å². The van der Waals surface area contributed by atoms with Crippen molar-refractivity contribution in [1.82, 2.24) is 25.5 Å². The lowest BCUT2D eigenvalue weighted by molar-refractivity contribution is 0.282. The Balaban J connectivity index is 1.24. The fourth-order valence-corrected chi connectivity index (χ4v) is 4.77. The third kappa shape index (κ3) is 6.59. The number of nitrogens with one attached hydrogen (secondary N) is 1. The lowest BCUT2D eigenvalue weighted by Gasteiger charge is -2.15. The van der Waals surface area contributed by atoms with E-state index in [0.717, 1.165) is 51.7 Å². The van der Waals surface area contributed by atoms with E-state index in [-0.39, 0.29) is 0 Å². The Hall–Kier alpha value is -2.88. The van der Waals surface area contributed by atoms with Gasteiger partial charge in [0.15, 0.2) is 11.5 Å². The summed E-state index contributed by atoms with van der Waals surface area (Å²) in [6.07, 6.45) is 0.989. The first-order valence-corrected chi connectivity index (χ1v) is 12.7. The van der Waals surface area contributed by atoms with Crippen LogP contribution in [0.15, 0.2) is 82.4 Å². The molecule has 4 rings (SSSR count). The number of nitrogens with zero attached hydrogens (tertiary/aromatic N) is 4. The first-order chi connectivity index (χ1) is 16.7. The Morgan fingerprint density at radius 3 is 2.53 bits per heavy atom. The molecule has 0 amide bonds. The lowest BCUT2D eigenvalue weighted by Crippen LogP contribution is -2.15. The van der Waals surface area contributed by atoms with E-state index in [4.69, 9.17) is 9.47 Å². The number of halogens is 1. The van der Waals surface area contributed by atoms with Crippen molar-refractivity contribution in [3.63, 3.8) is 0 Å². The molecule has 0 spiro atoms. The number of thioether (sulfide) groups is 1. The van der Waals surface area contributed by atoms with Crippen molar-refractivity contribution in [2.24, 2.45) is 0 Å². The highest BCUT2D eigenvalue weighted by molar-refractivity contribution is 9.10. The molecule has 0 saturated heterocycles. The van der Waals surface area contributed by atoms with Crippen molar-refractivity contribution in [3.8, 4) is 17.2 Å². The summed E-state index contributed by atoms with van der Waals surface area (Å²) in [6.45, 7) is 2.10. The monoisotopic (exact) mass is 539 g/mol. The van der Waals surface area contributed by atoms with E-state index >= 15 is 0 Å². The topological polar surface area (TPSA) is 74.1 Å². The number of hydrogen-bond acceptors (Lipinski definition) is 7. The standard InChI is InChI=1S/C25H26BrN5O2S/c1-32-23-16-20(15-22(26)24(23)33-18-19-9-4-2-5-10-19)17-27-13-8-14-34-25-28-29-30-31(25)21-11-6-3-7-12-21/h2-7,9-12,15-16,27H,8,13-14,17-18H2,1H3. The van der Waals surface area contributed by atoms with E-state index in [1.807, 2.05) is 66.7 Å². The number of hydrogen-bond donors (Lipinski definition) is 1. The minimum atomic E-state index is 0.485. The average molecular weight is 540 g/mol. The molecule has 0 aliphatic heterocycles. The molecule has 0 aliphatic carbocycles. The zero-order valence-corrected chi connectivity index (χ0v) is 21.3. The zero-order chi connectivity index (χ0) is 23.6. The number of rotatable bonds is 12. The van der Waals surface area contributed by atoms with Crippen molar-refractivity contribution in [3.05, 3.63) is 88.4 Å². The summed E-state index contributed by atoms with van der Waals surface area (Å²) in [6, 6.07) is 24.1. The van der Waals surface area contributed by atoms with Crippen LogP contribution in [0.5, 0.6) is 11.5 Å². The Labute approximate surface area is 212 Å². The maximum absolute atomic E-state index is 6.02. The molecule has 1 aromatic heterocycles. The van der Waals surface area contributed by atoms with E-state index in [1.165, 1.54) is 0 Å². The van der Waals surface area contributed by atoms with Gasteiger partial charge in [-0.1, -0.05) is 60.3 Å². The molecule has 4 aromatic rings. The third-order valence-corrected chi connectivity index (χ3v) is 6.61. The predicted octanol–water partition coefficient (Wildman–Crippen LogP) is 5.28. The Morgan fingerprint density at radius 1 is 1.00 bits per heavy atom. The number of tetrazole rings is 1. The van der Waals surface area contributed by atoms with Gasteiger partial charge in [-0.15, -0.1) is 5.10 Å². The van der Waals surface area contributed by atoms with Gasteiger partial charge in [0.1, 0.15) is 6.61 Å². The molecule has 0 aliphatic rings. The molecule has 176 valence electrons. The van der Waals surface area contributed by atoms with E-state index in [0.29, 0.717) is 18.1 Å². The van der Waals surface area contributed by atoms with Crippen molar-refractivity contribution < 1.29 is 9.47 Å². The van der Waals surface area contributed by atoms with Crippen LogP contribution in [0.3, 0.4) is 0 Å². The van der Waals surface area contributed by atoms with Crippen molar-refractivity contribution >= 4 is 27.7 Å². The molecule has 0 atom stereocenters. The first kappa shape index (κ1) is 24.3. The minimum Gasteiger partial charge on any atom is -0.493 e. The molecule has 0 fully saturated rings. The predicted molar refractivity (Wildman–Crippen MR) is 138 cm³/mol. The summed E-state index contributed by atoms with van der Waals surface area (Å²) in [5, 5.41) is 16.3. The van der Waals surface area contributed by atoms with Crippen LogP contribution >= 0.6 is 27.7 Å². The van der Waals surface area contributed by atoms with Gasteiger partial charge in [-0.05, 0) is 74.7 Å². The zero-order valence-electron chi connectivity index (χ0n) is 18.9. The van der Waals surface area contributed by atoms with Gasteiger partial charge in [-0.3, -0.25) is 0 Å². The summed E-state index contributed by atoms with van der Waals surface area (Å²) in [5.74, 6) is 2.34. The maximum atomic E-state index is 6.02. The van der Waals surface area contributed by atoms with Crippen molar-refractivity contribution in [2.75, 3.05) is 19.4 Å². The molecule has 7 nitrogen and oxygen atoms in total. The second-order valence-corrected chi connectivity index (χ2v) is 9.39. The number of ether oxygens (including phenoxy) is 2. The van der Waals surface area contributed by atoms with Crippen LogP contribution in [0, 0.1) is 0 Å². The van der Waals surface area contributed by atoms with Gasteiger partial charge in [0.05, 0.1) is 17.3 Å². The summed E-state index contributed by atoms with van der Waals surface area (Å²) < 4.78 is 14.2. The SMILES string of the molecule is COc1cc(CNCCCSc2nnnn2-c2ccccc2)cc(Br)c1OCc1ccccc1. The highest BCUT2D eigenvalue weighted by Crippen LogP contribution is 2.37. The van der Waals surface area contributed by atoms with E-state index in [1.54, 1.807) is 23.6 Å². The Morgan fingerprint density at radius 2 is 1.76 bits per heavy atom. The van der Waals surface area contributed by atoms with Crippen molar-refractivity contribution in [1.29, 1.82) is 0 Å². The first-order valence-electron chi connectivity index (χ1n) is 10.9. The second kappa shape index (κ2) is 12.5. The van der Waals surface area contributed by atoms with Gasteiger partial charge >= 0.3 is 0 Å². The fraction of sp³-hybridized carbons (Fsp3) is 0.240. The van der Waals surface area contributed by atoms with E-state index in [2.05, 4.69) is 42.8 Å². The molecule has 0 bridgehead atoms. The quantitative estimate of drug-likeness (QED) is 0.194. The Bertz CT molecular complexity index is 1170. The van der Waals surface area contributed by atoms with Crippen LogP contribution in [0.2, 0.25) is 0 Å². The van der Waals surface area contributed by atoms with Gasteiger partial charge in [0.25, 0.3) is 0 Å². The molecular formula is C25H26BrN5O2S. The largest absolute Gasteiger partial charge is 0.493 e. The van der Waals surface area contributed by atoms with Gasteiger partial charge in [0, 0.05) is 12.3 Å². The third-order valence-electron chi connectivity index (χ3n) is 5.02. The smallest absolute Gasteiger partial charge is 0.214 e. The second-order valence-electron chi connectivity index (χ2n) is 7.47. The summed E-state index contributed by atoms with van der Waals surface area (Å²) in [7, 11) is 1.66. The van der Waals surface area contributed by atoms with Crippen LogP contribution in [-0.2, 0) is 13.2 Å². The van der Waals surface area contributed by atoms with E-state index in [9.17, 15) is 0 Å². The van der Waals surface area contributed by atoms with Crippen molar-refractivity contribution in [2.45, 2.75) is 24.7 Å².